The highest BCUT2D eigenvalue weighted by Gasteiger charge is 2.16. The van der Waals surface area contributed by atoms with E-state index >= 15 is 0 Å². The molecule has 0 unspecified atom stereocenters. The molecule has 0 fully saturated rings. The molecule has 16 heavy (non-hydrogen) atoms. The molecule has 3 heteroatoms. The average molecular weight is 222 g/mol. The summed E-state index contributed by atoms with van der Waals surface area (Å²) in [7, 11) is 0. The zero-order chi connectivity index (χ0) is 12.0. The molecule has 1 rings (SSSR count). The van der Waals surface area contributed by atoms with Gasteiger partial charge in [0.2, 0.25) is 0 Å². The number of carbonyl (C=O) groups excluding carboxylic acids is 1. The topological polar surface area (TPSA) is 26.3 Å². The van der Waals surface area contributed by atoms with Gasteiger partial charge < -0.3 is 4.74 Å². The fraction of sp³-hybridized carbons (Fsp3) is 0.308. The van der Waals surface area contributed by atoms with E-state index in [1.54, 1.807) is 25.1 Å². The Bertz CT molecular complexity index is 357. The molecule has 0 heterocycles. The summed E-state index contributed by atoms with van der Waals surface area (Å²) in [5.41, 5.74) is 0.888. The van der Waals surface area contributed by atoms with Crippen LogP contribution in [0.2, 0.25) is 0 Å². The molecule has 1 aromatic carbocycles. The number of benzene rings is 1. The van der Waals surface area contributed by atoms with Crippen molar-refractivity contribution in [3.63, 3.8) is 0 Å². The first-order valence-electron chi connectivity index (χ1n) is 5.21. The van der Waals surface area contributed by atoms with Gasteiger partial charge in [0.15, 0.2) is 0 Å². The Hall–Kier alpha value is -1.64. The lowest BCUT2D eigenvalue weighted by molar-refractivity contribution is -0.146. The van der Waals surface area contributed by atoms with Gasteiger partial charge >= 0.3 is 5.97 Å². The highest BCUT2D eigenvalue weighted by atomic mass is 19.1. The van der Waals surface area contributed by atoms with Crippen LogP contribution in [0.3, 0.4) is 0 Å². The van der Waals surface area contributed by atoms with E-state index in [0.29, 0.717) is 13.0 Å². The van der Waals surface area contributed by atoms with Gasteiger partial charge in [-0.15, -0.1) is 6.58 Å². The van der Waals surface area contributed by atoms with E-state index in [1.807, 2.05) is 0 Å². The maximum atomic E-state index is 12.7. The summed E-state index contributed by atoms with van der Waals surface area (Å²) in [6.45, 7) is 5.72. The summed E-state index contributed by atoms with van der Waals surface area (Å²) in [6, 6.07) is 6.07. The highest BCUT2D eigenvalue weighted by Crippen LogP contribution is 2.12. The van der Waals surface area contributed by atoms with Gasteiger partial charge in [0.05, 0.1) is 12.5 Å². The van der Waals surface area contributed by atoms with Crippen LogP contribution >= 0.6 is 0 Å². The van der Waals surface area contributed by atoms with Gasteiger partial charge in [-0.05, 0) is 31.0 Å². The molecule has 0 saturated heterocycles. The SMILES string of the molecule is C=C[C@@H](Cc1ccc(F)cc1)C(=O)OCC. The molecule has 0 amide bonds. The normalized spacial score (nSPS) is 11.9. The Morgan fingerprint density at radius 3 is 2.62 bits per heavy atom. The van der Waals surface area contributed by atoms with Gasteiger partial charge in [-0.3, -0.25) is 4.79 Å². The summed E-state index contributed by atoms with van der Waals surface area (Å²) in [4.78, 5) is 11.5. The van der Waals surface area contributed by atoms with Crippen molar-refractivity contribution in [2.45, 2.75) is 13.3 Å². The van der Waals surface area contributed by atoms with Gasteiger partial charge in [0, 0.05) is 0 Å². The lowest BCUT2D eigenvalue weighted by atomic mass is 9.99. The minimum absolute atomic E-state index is 0.282. The summed E-state index contributed by atoms with van der Waals surface area (Å²) in [5.74, 6) is -0.942. The molecular formula is C13H15FO2. The fourth-order valence-electron chi connectivity index (χ4n) is 1.39. The lowest BCUT2D eigenvalue weighted by Crippen LogP contribution is -2.17. The van der Waals surface area contributed by atoms with E-state index < -0.39 is 0 Å². The number of ether oxygens (including phenoxy) is 1. The largest absolute Gasteiger partial charge is 0.466 e. The second kappa shape index (κ2) is 6.05. The van der Waals surface area contributed by atoms with E-state index in [0.717, 1.165) is 5.56 Å². The predicted octanol–water partition coefficient (Wildman–Crippen LogP) is 2.73. The van der Waals surface area contributed by atoms with E-state index in [1.165, 1.54) is 12.1 Å². The van der Waals surface area contributed by atoms with Gasteiger partial charge in [-0.25, -0.2) is 4.39 Å². The number of hydrogen-bond donors (Lipinski definition) is 0. The van der Waals surface area contributed by atoms with Crippen molar-refractivity contribution >= 4 is 5.97 Å². The van der Waals surface area contributed by atoms with Crippen molar-refractivity contribution in [2.75, 3.05) is 6.61 Å². The Morgan fingerprint density at radius 1 is 1.50 bits per heavy atom. The quantitative estimate of drug-likeness (QED) is 0.565. The van der Waals surface area contributed by atoms with Crippen molar-refractivity contribution in [3.8, 4) is 0 Å². The van der Waals surface area contributed by atoms with Crippen LogP contribution in [0.4, 0.5) is 4.39 Å². The summed E-state index contributed by atoms with van der Waals surface area (Å²) in [5, 5.41) is 0. The monoisotopic (exact) mass is 222 g/mol. The van der Waals surface area contributed by atoms with E-state index in [2.05, 4.69) is 6.58 Å². The number of esters is 1. The van der Waals surface area contributed by atoms with Crippen LogP contribution in [0.5, 0.6) is 0 Å². The van der Waals surface area contributed by atoms with Crippen LogP contribution in [0.1, 0.15) is 12.5 Å². The molecular weight excluding hydrogens is 207 g/mol. The third kappa shape index (κ3) is 3.50. The molecule has 0 aliphatic heterocycles. The molecule has 1 aromatic rings. The first-order valence-corrected chi connectivity index (χ1v) is 5.21. The predicted molar refractivity (Wildman–Crippen MR) is 60.4 cm³/mol. The second-order valence-electron chi connectivity index (χ2n) is 3.42. The molecule has 86 valence electrons. The zero-order valence-corrected chi connectivity index (χ0v) is 9.28. The number of carbonyl (C=O) groups is 1. The third-order valence-corrected chi connectivity index (χ3v) is 2.24. The van der Waals surface area contributed by atoms with Crippen LogP contribution in [0.15, 0.2) is 36.9 Å². The minimum Gasteiger partial charge on any atom is -0.466 e. The Labute approximate surface area is 94.7 Å². The summed E-state index contributed by atoms with van der Waals surface area (Å²) < 4.78 is 17.6. The van der Waals surface area contributed by atoms with Crippen molar-refractivity contribution in [2.24, 2.45) is 5.92 Å². The van der Waals surface area contributed by atoms with E-state index in [9.17, 15) is 9.18 Å². The van der Waals surface area contributed by atoms with E-state index in [-0.39, 0.29) is 17.7 Å². The molecule has 0 N–H and O–H groups in total. The van der Waals surface area contributed by atoms with Gasteiger partial charge in [0.25, 0.3) is 0 Å². The van der Waals surface area contributed by atoms with Crippen molar-refractivity contribution in [1.29, 1.82) is 0 Å². The van der Waals surface area contributed by atoms with E-state index in [4.69, 9.17) is 4.74 Å². The van der Waals surface area contributed by atoms with Gasteiger partial charge in [-0.2, -0.15) is 0 Å². The van der Waals surface area contributed by atoms with Crippen molar-refractivity contribution in [1.82, 2.24) is 0 Å². The first-order chi connectivity index (χ1) is 7.67. The van der Waals surface area contributed by atoms with Crippen LogP contribution < -0.4 is 0 Å². The molecule has 0 radical (unpaired) electrons. The molecule has 0 bridgehead atoms. The number of hydrogen-bond acceptors (Lipinski definition) is 2. The maximum absolute atomic E-state index is 12.7. The Morgan fingerprint density at radius 2 is 2.12 bits per heavy atom. The lowest BCUT2D eigenvalue weighted by Gasteiger charge is -2.11. The Balaban J connectivity index is 2.66. The van der Waals surface area contributed by atoms with Crippen molar-refractivity contribution in [3.05, 3.63) is 48.3 Å². The van der Waals surface area contributed by atoms with Crippen LogP contribution in [0.25, 0.3) is 0 Å². The fourth-order valence-corrected chi connectivity index (χ4v) is 1.39. The number of halogens is 1. The molecule has 0 aromatic heterocycles. The smallest absolute Gasteiger partial charge is 0.313 e. The highest BCUT2D eigenvalue weighted by molar-refractivity contribution is 5.74. The molecule has 0 aliphatic carbocycles. The van der Waals surface area contributed by atoms with Crippen LogP contribution in [-0.2, 0) is 16.0 Å². The van der Waals surface area contributed by atoms with Gasteiger partial charge in [-0.1, -0.05) is 18.2 Å². The third-order valence-electron chi connectivity index (χ3n) is 2.24. The summed E-state index contributed by atoms with van der Waals surface area (Å²) >= 11 is 0. The van der Waals surface area contributed by atoms with Crippen LogP contribution in [-0.4, -0.2) is 12.6 Å². The maximum Gasteiger partial charge on any atom is 0.313 e. The zero-order valence-electron chi connectivity index (χ0n) is 9.28. The number of rotatable bonds is 5. The molecule has 0 aliphatic rings. The average Bonchev–Trinajstić information content (AvgIpc) is 2.28. The second-order valence-corrected chi connectivity index (χ2v) is 3.42. The Kier molecular flexibility index (Phi) is 4.70. The molecule has 1 atom stereocenters. The summed E-state index contributed by atoms with van der Waals surface area (Å²) in [6.07, 6.45) is 2.05. The molecule has 0 saturated carbocycles. The van der Waals surface area contributed by atoms with Gasteiger partial charge in [0.1, 0.15) is 5.82 Å². The molecule has 2 nitrogen and oxygen atoms in total. The van der Waals surface area contributed by atoms with Crippen LogP contribution in [0, 0.1) is 11.7 Å². The van der Waals surface area contributed by atoms with Crippen molar-refractivity contribution < 1.29 is 13.9 Å². The molecule has 0 spiro atoms. The standard InChI is InChI=1S/C13H15FO2/c1-3-11(13(15)16-4-2)9-10-5-7-12(14)8-6-10/h3,5-8,11H,1,4,9H2,2H3/t11-/m0/s1. The first kappa shape index (κ1) is 12.4. The minimum atomic E-state index is -0.370.